The molecule has 20 heavy (non-hydrogen) atoms. The van der Waals surface area contributed by atoms with Gasteiger partial charge >= 0.3 is 0 Å². The summed E-state index contributed by atoms with van der Waals surface area (Å²) in [5.41, 5.74) is 1.61. The number of hydrogen-bond donors (Lipinski definition) is 1. The van der Waals surface area contributed by atoms with Crippen molar-refractivity contribution in [3.8, 4) is 0 Å². The predicted octanol–water partition coefficient (Wildman–Crippen LogP) is 3.80. The molecule has 3 nitrogen and oxygen atoms in total. The molecule has 0 saturated carbocycles. The summed E-state index contributed by atoms with van der Waals surface area (Å²) in [5, 5.41) is 5.16. The van der Waals surface area contributed by atoms with Gasteiger partial charge in [0.2, 0.25) is 0 Å². The number of halogens is 2. The minimum Gasteiger partial charge on any atom is -0.313 e. The van der Waals surface area contributed by atoms with Gasteiger partial charge in [-0.1, -0.05) is 15.9 Å². The van der Waals surface area contributed by atoms with Crippen molar-refractivity contribution in [3.63, 3.8) is 0 Å². The summed E-state index contributed by atoms with van der Waals surface area (Å²) in [5.74, 6) is -0.200. The molecule has 3 rings (SSSR count). The number of imidazole rings is 1. The number of benzene rings is 1. The van der Waals surface area contributed by atoms with Gasteiger partial charge in [-0.05, 0) is 25.2 Å². The number of likely N-dealkylation sites (N-methyl/N-ethyl adjacent to an activating group) is 1. The fraction of sp³-hybridized carbons (Fsp3) is 0.214. The van der Waals surface area contributed by atoms with Crippen molar-refractivity contribution in [3.05, 3.63) is 57.5 Å². The summed E-state index contributed by atoms with van der Waals surface area (Å²) >= 11 is 4.98. The van der Waals surface area contributed by atoms with E-state index in [4.69, 9.17) is 0 Å². The zero-order chi connectivity index (χ0) is 14.1. The molecule has 0 bridgehead atoms. The van der Waals surface area contributed by atoms with Crippen LogP contribution in [0.4, 0.5) is 4.39 Å². The fourth-order valence-corrected chi connectivity index (χ4v) is 3.33. The lowest BCUT2D eigenvalue weighted by Gasteiger charge is -2.16. The smallest absolute Gasteiger partial charge is 0.193 e. The summed E-state index contributed by atoms with van der Waals surface area (Å²) < 4.78 is 16.8. The summed E-state index contributed by atoms with van der Waals surface area (Å²) in [6.45, 7) is 0. The molecule has 6 heteroatoms. The van der Waals surface area contributed by atoms with Crippen LogP contribution in [0.2, 0.25) is 0 Å². The molecule has 3 aromatic rings. The minimum atomic E-state index is -0.200. The lowest BCUT2D eigenvalue weighted by molar-refractivity contribution is 0.530. The molecule has 0 saturated heterocycles. The molecule has 2 heterocycles. The van der Waals surface area contributed by atoms with Crippen LogP contribution in [0.1, 0.15) is 17.3 Å². The lowest BCUT2D eigenvalue weighted by Crippen LogP contribution is -2.20. The summed E-state index contributed by atoms with van der Waals surface area (Å²) in [6.07, 6.45) is 4.62. The third-order valence-corrected chi connectivity index (χ3v) is 4.50. The molecule has 0 radical (unpaired) electrons. The molecule has 2 aromatic heterocycles. The standard InChI is InChI=1S/C14H13BrFN3S/c1-17-13(11-6-9(15)2-3-12(11)16)7-10-8-19-4-5-20-14(19)18-10/h2-6,8,13,17H,7H2,1H3. The second-order valence-electron chi connectivity index (χ2n) is 4.54. The van der Waals surface area contributed by atoms with E-state index in [1.165, 1.54) is 6.07 Å². The van der Waals surface area contributed by atoms with Crippen molar-refractivity contribution < 1.29 is 4.39 Å². The summed E-state index contributed by atoms with van der Waals surface area (Å²) in [7, 11) is 1.84. The second kappa shape index (κ2) is 5.63. The predicted molar refractivity (Wildman–Crippen MR) is 82.7 cm³/mol. The fourth-order valence-electron chi connectivity index (χ4n) is 2.23. The number of hydrogen-bond acceptors (Lipinski definition) is 3. The number of rotatable bonds is 4. The number of nitrogens with one attached hydrogen (secondary N) is 1. The van der Waals surface area contributed by atoms with Crippen LogP contribution in [-0.4, -0.2) is 16.4 Å². The number of fused-ring (bicyclic) bond motifs is 1. The molecular weight excluding hydrogens is 341 g/mol. The minimum absolute atomic E-state index is 0.0999. The van der Waals surface area contributed by atoms with Gasteiger partial charge in [-0.25, -0.2) is 9.37 Å². The van der Waals surface area contributed by atoms with Crippen LogP contribution < -0.4 is 5.32 Å². The van der Waals surface area contributed by atoms with Crippen molar-refractivity contribution in [2.75, 3.05) is 7.05 Å². The molecule has 1 N–H and O–H groups in total. The number of nitrogens with zero attached hydrogens (tertiary/aromatic N) is 2. The van der Waals surface area contributed by atoms with E-state index in [-0.39, 0.29) is 11.9 Å². The first kappa shape index (κ1) is 13.7. The first-order valence-corrected chi connectivity index (χ1v) is 7.88. The van der Waals surface area contributed by atoms with E-state index in [2.05, 4.69) is 26.2 Å². The molecule has 0 spiro atoms. The number of thiazole rings is 1. The van der Waals surface area contributed by atoms with Crippen LogP contribution >= 0.6 is 27.3 Å². The Hall–Kier alpha value is -1.24. The first-order chi connectivity index (χ1) is 9.67. The highest BCUT2D eigenvalue weighted by Crippen LogP contribution is 2.25. The van der Waals surface area contributed by atoms with Crippen molar-refractivity contribution in [2.45, 2.75) is 12.5 Å². The molecule has 104 valence electrons. The molecular formula is C14H13BrFN3S. The average Bonchev–Trinajstić information content (AvgIpc) is 3.00. The molecule has 0 amide bonds. The summed E-state index contributed by atoms with van der Waals surface area (Å²) in [4.78, 5) is 5.51. The SMILES string of the molecule is CNC(Cc1cn2ccsc2n1)c1cc(Br)ccc1F. The van der Waals surface area contributed by atoms with Gasteiger partial charge in [0.05, 0.1) is 5.69 Å². The third kappa shape index (κ3) is 2.63. The molecule has 1 atom stereocenters. The Morgan fingerprint density at radius 2 is 2.35 bits per heavy atom. The molecule has 0 aliphatic rings. The largest absolute Gasteiger partial charge is 0.313 e. The van der Waals surface area contributed by atoms with Gasteiger partial charge < -0.3 is 5.32 Å². The van der Waals surface area contributed by atoms with Crippen molar-refractivity contribution >= 4 is 32.2 Å². The highest BCUT2D eigenvalue weighted by Gasteiger charge is 2.17. The Balaban J connectivity index is 1.89. The van der Waals surface area contributed by atoms with E-state index in [1.807, 2.05) is 35.3 Å². The second-order valence-corrected chi connectivity index (χ2v) is 6.33. The van der Waals surface area contributed by atoms with Crippen molar-refractivity contribution in [1.29, 1.82) is 0 Å². The molecule has 1 aromatic carbocycles. The van der Waals surface area contributed by atoms with E-state index in [0.29, 0.717) is 12.0 Å². The number of aromatic nitrogens is 2. The zero-order valence-electron chi connectivity index (χ0n) is 10.8. The van der Waals surface area contributed by atoms with Crippen LogP contribution in [0, 0.1) is 5.82 Å². The molecule has 0 aliphatic carbocycles. The quantitative estimate of drug-likeness (QED) is 0.772. The Labute approximate surface area is 128 Å². The third-order valence-electron chi connectivity index (χ3n) is 3.24. The highest BCUT2D eigenvalue weighted by atomic mass is 79.9. The van der Waals surface area contributed by atoms with Gasteiger partial charge in [0.1, 0.15) is 5.82 Å². The van der Waals surface area contributed by atoms with E-state index in [9.17, 15) is 4.39 Å². The van der Waals surface area contributed by atoms with Crippen molar-refractivity contribution in [2.24, 2.45) is 0 Å². The van der Waals surface area contributed by atoms with Crippen molar-refractivity contribution in [1.82, 2.24) is 14.7 Å². The average molecular weight is 354 g/mol. The van der Waals surface area contributed by atoms with Gasteiger partial charge in [0.15, 0.2) is 4.96 Å². The van der Waals surface area contributed by atoms with Gasteiger partial charge in [0, 0.05) is 40.3 Å². The van der Waals surface area contributed by atoms with Gasteiger partial charge in [-0.3, -0.25) is 4.40 Å². The van der Waals surface area contributed by atoms with Gasteiger partial charge in [0.25, 0.3) is 0 Å². The van der Waals surface area contributed by atoms with Crippen LogP contribution in [0.3, 0.4) is 0 Å². The van der Waals surface area contributed by atoms with Crippen LogP contribution in [-0.2, 0) is 6.42 Å². The van der Waals surface area contributed by atoms with Gasteiger partial charge in [-0.2, -0.15) is 0 Å². The molecule has 1 unspecified atom stereocenters. The maximum atomic E-state index is 14.0. The van der Waals surface area contributed by atoms with E-state index in [0.717, 1.165) is 15.1 Å². The highest BCUT2D eigenvalue weighted by molar-refractivity contribution is 9.10. The topological polar surface area (TPSA) is 29.3 Å². The van der Waals surface area contributed by atoms with E-state index >= 15 is 0 Å². The summed E-state index contributed by atoms with van der Waals surface area (Å²) in [6, 6.07) is 4.90. The van der Waals surface area contributed by atoms with Gasteiger partial charge in [-0.15, -0.1) is 11.3 Å². The van der Waals surface area contributed by atoms with Crippen LogP contribution in [0.15, 0.2) is 40.4 Å². The Morgan fingerprint density at radius 1 is 1.50 bits per heavy atom. The maximum absolute atomic E-state index is 14.0. The first-order valence-electron chi connectivity index (χ1n) is 6.20. The normalized spacial score (nSPS) is 12.9. The zero-order valence-corrected chi connectivity index (χ0v) is 13.2. The molecule has 0 aliphatic heterocycles. The van der Waals surface area contributed by atoms with E-state index < -0.39 is 0 Å². The Kier molecular flexibility index (Phi) is 3.87. The Bertz CT molecular complexity index is 708. The lowest BCUT2D eigenvalue weighted by atomic mass is 10.0. The Morgan fingerprint density at radius 3 is 3.10 bits per heavy atom. The monoisotopic (exact) mass is 353 g/mol. The van der Waals surface area contributed by atoms with E-state index in [1.54, 1.807) is 17.4 Å². The van der Waals surface area contributed by atoms with Crippen LogP contribution in [0.5, 0.6) is 0 Å². The van der Waals surface area contributed by atoms with Crippen LogP contribution in [0.25, 0.3) is 4.96 Å². The maximum Gasteiger partial charge on any atom is 0.193 e. The molecule has 0 fully saturated rings.